The fourth-order valence-corrected chi connectivity index (χ4v) is 6.20. The van der Waals surface area contributed by atoms with E-state index in [0.29, 0.717) is 49.6 Å². The molecule has 0 bridgehead atoms. The predicted octanol–water partition coefficient (Wildman–Crippen LogP) is 2.79. The van der Waals surface area contributed by atoms with Crippen LogP contribution in [-0.4, -0.2) is 87.7 Å². The second-order valence-electron chi connectivity index (χ2n) is 11.2. The topological polar surface area (TPSA) is 125 Å². The van der Waals surface area contributed by atoms with Crippen LogP contribution < -0.4 is 4.74 Å². The van der Waals surface area contributed by atoms with Gasteiger partial charge < -0.3 is 34.3 Å². The van der Waals surface area contributed by atoms with Crippen molar-refractivity contribution in [3.8, 4) is 5.75 Å². The molecule has 4 unspecified atom stereocenters. The van der Waals surface area contributed by atoms with Gasteiger partial charge in [-0.1, -0.05) is 13.3 Å². The van der Waals surface area contributed by atoms with E-state index in [2.05, 4.69) is 11.9 Å². The molecule has 3 aliphatic heterocycles. The van der Waals surface area contributed by atoms with Crippen molar-refractivity contribution in [1.82, 2.24) is 14.8 Å². The van der Waals surface area contributed by atoms with Crippen molar-refractivity contribution in [1.29, 1.82) is 0 Å². The Morgan fingerprint density at radius 1 is 1.21 bits per heavy atom. The zero-order valence-electron chi connectivity index (χ0n) is 22.7. The number of amides is 2. The van der Waals surface area contributed by atoms with Crippen LogP contribution in [0.4, 0.5) is 0 Å². The van der Waals surface area contributed by atoms with Gasteiger partial charge in [-0.15, -0.1) is 0 Å². The SMILES string of the molecule is CCCCOCCOC1c2c([nH]c3cc(OC)ccc23)C(CC(C)(C)O)N2C(=O)C3CCCN3C(=O)C12O. The van der Waals surface area contributed by atoms with Crippen molar-refractivity contribution in [2.24, 2.45) is 0 Å². The fourth-order valence-electron chi connectivity index (χ4n) is 6.20. The van der Waals surface area contributed by atoms with Gasteiger partial charge in [-0.3, -0.25) is 14.5 Å². The molecule has 4 atom stereocenters. The Labute approximate surface area is 222 Å². The molecule has 3 aliphatic rings. The maximum atomic E-state index is 14.1. The normalized spacial score (nSPS) is 27.1. The number of nitrogens with one attached hydrogen (secondary N) is 1. The van der Waals surface area contributed by atoms with Gasteiger partial charge in [0, 0.05) is 47.8 Å². The summed E-state index contributed by atoms with van der Waals surface area (Å²) in [6.45, 7) is 6.83. The smallest absolute Gasteiger partial charge is 0.279 e. The molecule has 2 amide bonds. The molecule has 0 aliphatic carbocycles. The number of hydrogen-bond donors (Lipinski definition) is 3. The largest absolute Gasteiger partial charge is 0.497 e. The highest BCUT2D eigenvalue weighted by Crippen LogP contribution is 2.54. The van der Waals surface area contributed by atoms with E-state index < -0.39 is 35.4 Å². The van der Waals surface area contributed by atoms with E-state index in [4.69, 9.17) is 14.2 Å². The van der Waals surface area contributed by atoms with E-state index >= 15 is 0 Å². The van der Waals surface area contributed by atoms with Crippen molar-refractivity contribution in [3.05, 3.63) is 29.5 Å². The maximum Gasteiger partial charge on any atom is 0.279 e. The fraction of sp³-hybridized carbons (Fsp3) is 0.643. The van der Waals surface area contributed by atoms with E-state index in [1.807, 2.05) is 18.2 Å². The number of fused-ring (bicyclic) bond motifs is 5. The number of nitrogens with zero attached hydrogens (tertiary/aromatic N) is 2. The zero-order chi connectivity index (χ0) is 27.2. The number of hydrogen-bond acceptors (Lipinski definition) is 7. The lowest BCUT2D eigenvalue weighted by Crippen LogP contribution is -2.74. The molecule has 2 fully saturated rings. The van der Waals surface area contributed by atoms with E-state index in [9.17, 15) is 19.8 Å². The number of carbonyl (C=O) groups is 2. The second kappa shape index (κ2) is 10.1. The summed E-state index contributed by atoms with van der Waals surface area (Å²) < 4.78 is 17.4. The first-order chi connectivity index (χ1) is 18.1. The number of aliphatic hydroxyl groups is 2. The van der Waals surface area contributed by atoms with Crippen LogP contribution in [0, 0.1) is 0 Å². The van der Waals surface area contributed by atoms with E-state index in [-0.39, 0.29) is 18.9 Å². The maximum absolute atomic E-state index is 14.1. The van der Waals surface area contributed by atoms with E-state index in [1.54, 1.807) is 21.0 Å². The molecule has 0 radical (unpaired) electrons. The lowest BCUT2D eigenvalue weighted by Gasteiger charge is -2.56. The summed E-state index contributed by atoms with van der Waals surface area (Å²) in [5, 5.41) is 24.0. The van der Waals surface area contributed by atoms with Crippen molar-refractivity contribution in [3.63, 3.8) is 0 Å². The Morgan fingerprint density at radius 3 is 2.71 bits per heavy atom. The average Bonchev–Trinajstić information content (AvgIpc) is 3.50. The van der Waals surface area contributed by atoms with Crippen molar-refractivity contribution in [2.45, 2.75) is 82.4 Å². The quantitative estimate of drug-likeness (QED) is 0.404. The van der Waals surface area contributed by atoms with Crippen LogP contribution >= 0.6 is 0 Å². The van der Waals surface area contributed by atoms with Crippen LogP contribution in [-0.2, 0) is 19.1 Å². The van der Waals surface area contributed by atoms with Gasteiger partial charge in [-0.2, -0.15) is 0 Å². The summed E-state index contributed by atoms with van der Waals surface area (Å²) in [6.07, 6.45) is 2.14. The third-order valence-electron chi connectivity index (χ3n) is 7.91. The van der Waals surface area contributed by atoms with Crippen molar-refractivity contribution in [2.75, 3.05) is 33.5 Å². The second-order valence-corrected chi connectivity index (χ2v) is 11.2. The molecule has 0 saturated carbocycles. The molecule has 1 aromatic carbocycles. The molecule has 4 heterocycles. The Balaban J connectivity index is 1.66. The molecular weight excluding hydrogens is 490 g/mol. The molecule has 2 aromatic rings. The van der Waals surface area contributed by atoms with Crippen molar-refractivity contribution >= 4 is 22.7 Å². The van der Waals surface area contributed by atoms with Gasteiger partial charge in [-0.05, 0) is 45.2 Å². The molecule has 10 nitrogen and oxygen atoms in total. The number of piperazine rings is 1. The van der Waals surface area contributed by atoms with E-state index in [1.165, 1.54) is 9.80 Å². The van der Waals surface area contributed by atoms with Crippen LogP contribution in [0.3, 0.4) is 0 Å². The first-order valence-electron chi connectivity index (χ1n) is 13.6. The van der Waals surface area contributed by atoms with Gasteiger partial charge in [0.25, 0.3) is 11.6 Å². The van der Waals surface area contributed by atoms with Crippen molar-refractivity contribution < 1.29 is 34.0 Å². The highest BCUT2D eigenvalue weighted by atomic mass is 16.5. The summed E-state index contributed by atoms with van der Waals surface area (Å²) in [4.78, 5) is 34.2. The number of aromatic amines is 1. The van der Waals surface area contributed by atoms with Gasteiger partial charge in [0.1, 0.15) is 17.9 Å². The third kappa shape index (κ3) is 4.37. The number of unbranched alkanes of at least 4 members (excludes halogenated alkanes) is 1. The monoisotopic (exact) mass is 529 g/mol. The summed E-state index contributed by atoms with van der Waals surface area (Å²) in [6, 6.07) is 4.12. The average molecular weight is 530 g/mol. The Kier molecular flexibility index (Phi) is 7.19. The third-order valence-corrected chi connectivity index (χ3v) is 7.91. The highest BCUT2D eigenvalue weighted by Gasteiger charge is 2.66. The van der Waals surface area contributed by atoms with Gasteiger partial charge in [0.05, 0.1) is 32.0 Å². The van der Waals surface area contributed by atoms with Gasteiger partial charge in [-0.25, -0.2) is 0 Å². The molecule has 1 aromatic heterocycles. The molecule has 0 spiro atoms. The highest BCUT2D eigenvalue weighted by molar-refractivity contribution is 6.01. The minimum atomic E-state index is -2.26. The first kappa shape index (κ1) is 26.9. The van der Waals surface area contributed by atoms with Crippen LogP contribution in [0.15, 0.2) is 18.2 Å². The summed E-state index contributed by atoms with van der Waals surface area (Å²) >= 11 is 0. The summed E-state index contributed by atoms with van der Waals surface area (Å²) in [5.41, 5.74) is -1.46. The van der Waals surface area contributed by atoms with Gasteiger partial charge in [0.2, 0.25) is 5.91 Å². The van der Waals surface area contributed by atoms with Crippen LogP contribution in [0.2, 0.25) is 0 Å². The standard InChI is InChI=1S/C28H39N3O7/c1-5-6-12-37-13-14-38-24-22-18-10-9-17(36-4)15-19(18)29-23(22)21(16-27(2,3)34)31-25(32)20-8-7-11-30(20)26(33)28(24,31)35/h9-10,15,20-21,24,29,34-35H,5-8,11-14,16H2,1-4H3. The number of aromatic nitrogens is 1. The number of methoxy groups -OCH3 is 1. The summed E-state index contributed by atoms with van der Waals surface area (Å²) in [5.74, 6) is -0.222. The summed E-state index contributed by atoms with van der Waals surface area (Å²) in [7, 11) is 1.58. The molecule has 38 heavy (non-hydrogen) atoms. The predicted molar refractivity (Wildman–Crippen MR) is 139 cm³/mol. The molecular formula is C28H39N3O7. The minimum Gasteiger partial charge on any atom is -0.497 e. The zero-order valence-corrected chi connectivity index (χ0v) is 22.7. The Bertz CT molecular complexity index is 1210. The van der Waals surface area contributed by atoms with Crippen LogP contribution in [0.25, 0.3) is 10.9 Å². The molecule has 3 N–H and O–H groups in total. The van der Waals surface area contributed by atoms with Gasteiger partial charge >= 0.3 is 0 Å². The van der Waals surface area contributed by atoms with E-state index in [0.717, 1.165) is 23.7 Å². The number of benzene rings is 1. The van der Waals surface area contributed by atoms with Crippen LogP contribution in [0.5, 0.6) is 5.75 Å². The lowest BCUT2D eigenvalue weighted by molar-refractivity contribution is -0.243. The number of rotatable bonds is 10. The number of carbonyl (C=O) groups excluding carboxylic acids is 2. The minimum absolute atomic E-state index is 0.116. The molecule has 2 saturated heterocycles. The molecule has 208 valence electrons. The number of H-pyrrole nitrogens is 1. The Hall–Kier alpha value is -2.66. The van der Waals surface area contributed by atoms with Crippen LogP contribution in [0.1, 0.15) is 76.3 Å². The Morgan fingerprint density at radius 2 is 2.00 bits per heavy atom. The van der Waals surface area contributed by atoms with Gasteiger partial charge in [0.15, 0.2) is 0 Å². The lowest BCUT2D eigenvalue weighted by atomic mass is 9.80. The molecule has 5 rings (SSSR count). The first-order valence-corrected chi connectivity index (χ1v) is 13.6. The number of ether oxygens (including phenoxy) is 3. The molecule has 10 heteroatoms.